The number of ether oxygens (including phenoxy) is 2. The number of nitriles is 2. The van der Waals surface area contributed by atoms with Crippen LogP contribution in [0.3, 0.4) is 0 Å². The van der Waals surface area contributed by atoms with Crippen LogP contribution in [0.1, 0.15) is 23.7 Å². The monoisotopic (exact) mass is 656 g/mol. The summed E-state index contributed by atoms with van der Waals surface area (Å²) in [6, 6.07) is 17.3. The van der Waals surface area contributed by atoms with Gasteiger partial charge in [0, 0.05) is 27.3 Å². The number of aromatic nitrogens is 2. The first-order chi connectivity index (χ1) is 20.2. The number of nitrogens with zero attached hydrogens (tertiary/aromatic N) is 4. The predicted octanol–water partition coefficient (Wildman–Crippen LogP) is 5.20. The van der Waals surface area contributed by atoms with E-state index in [2.05, 4.69) is 22.1 Å². The van der Waals surface area contributed by atoms with Gasteiger partial charge in [-0.25, -0.2) is 9.97 Å². The Kier molecular flexibility index (Phi) is 12.2. The first kappa shape index (κ1) is 33.6. The molecule has 2 aromatic carbocycles. The van der Waals surface area contributed by atoms with Crippen LogP contribution in [0.25, 0.3) is 21.7 Å². The van der Waals surface area contributed by atoms with Crippen molar-refractivity contribution in [1.29, 1.82) is 10.5 Å². The molecular formula is C29H26Cl2N6O4S2. The molecule has 43 heavy (non-hydrogen) atoms. The standard InChI is InChI=1S/C29H25ClN6O4S2.ClH/c1-16(37)25(33)29(38)40-11-10-39-21-8-4-17(5-9-21)24-22(12-31)26(34)36-28(23(24)13-32)42-15-20-14-41-27(35-20)18-2-6-19(30)7-3-18;/h2-9,14,16,25,37H,10-11,15,33H2,1H3,(H2,34,36);1H/t16-,25+;/m1./s1. The molecule has 4 aromatic rings. The third-order valence-electron chi connectivity index (χ3n) is 5.95. The van der Waals surface area contributed by atoms with Crippen LogP contribution in [0.2, 0.25) is 5.02 Å². The van der Waals surface area contributed by atoms with Gasteiger partial charge >= 0.3 is 5.97 Å². The van der Waals surface area contributed by atoms with Gasteiger partial charge in [-0.05, 0) is 36.8 Å². The summed E-state index contributed by atoms with van der Waals surface area (Å²) in [6.07, 6.45) is -1.02. The smallest absolute Gasteiger partial charge is 0.325 e. The zero-order chi connectivity index (χ0) is 30.2. The minimum absolute atomic E-state index is 0. The molecule has 14 heteroatoms. The molecule has 0 radical (unpaired) electrons. The number of aliphatic hydroxyl groups is 1. The van der Waals surface area contributed by atoms with Crippen LogP contribution >= 0.6 is 47.1 Å². The van der Waals surface area contributed by atoms with E-state index in [-0.39, 0.29) is 42.6 Å². The van der Waals surface area contributed by atoms with Gasteiger partial charge in [-0.2, -0.15) is 10.5 Å². The number of hydrogen-bond acceptors (Lipinski definition) is 12. The van der Waals surface area contributed by atoms with Gasteiger partial charge in [0.2, 0.25) is 0 Å². The molecule has 0 saturated heterocycles. The Bertz CT molecular complexity index is 1650. The zero-order valence-electron chi connectivity index (χ0n) is 22.7. The number of nitrogens with two attached hydrogens (primary N) is 2. The number of thioether (sulfide) groups is 1. The summed E-state index contributed by atoms with van der Waals surface area (Å²) in [4.78, 5) is 20.8. The van der Waals surface area contributed by atoms with Crippen LogP contribution in [0.4, 0.5) is 5.82 Å². The van der Waals surface area contributed by atoms with Crippen LogP contribution in [0, 0.1) is 22.7 Å². The van der Waals surface area contributed by atoms with Crippen molar-refractivity contribution >= 4 is 58.9 Å². The van der Waals surface area contributed by atoms with Crippen LogP contribution in [0.15, 0.2) is 58.9 Å². The summed E-state index contributed by atoms with van der Waals surface area (Å²) in [6.45, 7) is 1.40. The van der Waals surface area contributed by atoms with Gasteiger partial charge in [0.15, 0.2) is 0 Å². The minimum Gasteiger partial charge on any atom is -0.490 e. The van der Waals surface area contributed by atoms with Gasteiger partial charge in [-0.3, -0.25) is 4.79 Å². The summed E-state index contributed by atoms with van der Waals surface area (Å²) in [5, 5.41) is 33.1. The lowest BCUT2D eigenvalue weighted by Gasteiger charge is -2.14. The molecule has 2 heterocycles. The number of pyridine rings is 1. The second-order valence-electron chi connectivity index (χ2n) is 8.90. The highest BCUT2D eigenvalue weighted by Crippen LogP contribution is 2.37. The van der Waals surface area contributed by atoms with E-state index in [0.717, 1.165) is 16.3 Å². The molecule has 0 amide bonds. The van der Waals surface area contributed by atoms with Crippen LogP contribution in [-0.4, -0.2) is 46.4 Å². The fourth-order valence-corrected chi connectivity index (χ4v) is 5.69. The van der Waals surface area contributed by atoms with E-state index in [1.54, 1.807) is 24.3 Å². The van der Waals surface area contributed by atoms with E-state index in [1.807, 2.05) is 29.6 Å². The average Bonchev–Trinajstić information content (AvgIpc) is 3.47. The summed E-state index contributed by atoms with van der Waals surface area (Å²) in [5.41, 5.74) is 14.8. The molecule has 0 fully saturated rings. The molecule has 0 aliphatic rings. The highest BCUT2D eigenvalue weighted by molar-refractivity contribution is 7.98. The Balaban J connectivity index is 0.00000506. The summed E-state index contributed by atoms with van der Waals surface area (Å²) >= 11 is 8.80. The molecule has 10 nitrogen and oxygen atoms in total. The van der Waals surface area contributed by atoms with Crippen molar-refractivity contribution in [2.75, 3.05) is 18.9 Å². The molecule has 2 aromatic heterocycles. The van der Waals surface area contributed by atoms with E-state index < -0.39 is 18.1 Å². The van der Waals surface area contributed by atoms with E-state index in [9.17, 15) is 20.4 Å². The number of anilines is 1. The van der Waals surface area contributed by atoms with Crippen molar-refractivity contribution in [1.82, 2.24) is 9.97 Å². The predicted molar refractivity (Wildman–Crippen MR) is 169 cm³/mol. The highest BCUT2D eigenvalue weighted by Gasteiger charge is 2.22. The van der Waals surface area contributed by atoms with Crippen molar-refractivity contribution in [3.63, 3.8) is 0 Å². The highest BCUT2D eigenvalue weighted by atomic mass is 35.5. The third-order valence-corrected chi connectivity index (χ3v) is 8.15. The normalized spacial score (nSPS) is 11.9. The Hall–Kier alpha value is -3.88. The molecule has 0 aliphatic heterocycles. The molecular weight excluding hydrogens is 631 g/mol. The number of rotatable bonds is 11. The lowest BCUT2D eigenvalue weighted by atomic mass is 9.97. The SMILES string of the molecule is C[C@@H](O)[C@H](N)C(=O)OCCOc1ccc(-c2c(C#N)c(N)nc(SCc3csc(-c4ccc(Cl)cc4)n3)c2C#N)cc1.Cl. The number of nitrogen functional groups attached to an aromatic ring is 1. The van der Waals surface area contributed by atoms with E-state index in [0.29, 0.717) is 32.7 Å². The van der Waals surface area contributed by atoms with Gasteiger partial charge in [0.1, 0.15) is 58.6 Å². The summed E-state index contributed by atoms with van der Waals surface area (Å²) < 4.78 is 10.6. The molecule has 5 N–H and O–H groups in total. The van der Waals surface area contributed by atoms with Gasteiger partial charge < -0.3 is 26.0 Å². The molecule has 0 bridgehead atoms. The van der Waals surface area contributed by atoms with Crippen molar-refractivity contribution in [3.8, 4) is 39.6 Å². The third kappa shape index (κ3) is 8.36. The topological polar surface area (TPSA) is 181 Å². The minimum atomic E-state index is -1.13. The van der Waals surface area contributed by atoms with Crippen LogP contribution in [-0.2, 0) is 15.3 Å². The molecule has 2 atom stereocenters. The number of thiazole rings is 1. The number of hydrogen-bond donors (Lipinski definition) is 3. The fourth-order valence-electron chi connectivity index (χ4n) is 3.74. The number of aliphatic hydroxyl groups excluding tert-OH is 1. The Morgan fingerprint density at radius 1 is 1.07 bits per heavy atom. The Labute approximate surface area is 267 Å². The number of halogens is 2. The van der Waals surface area contributed by atoms with E-state index >= 15 is 0 Å². The van der Waals surface area contributed by atoms with Crippen molar-refractivity contribution in [3.05, 3.63) is 75.8 Å². The van der Waals surface area contributed by atoms with E-state index in [1.165, 1.54) is 30.0 Å². The lowest BCUT2D eigenvalue weighted by Crippen LogP contribution is -2.41. The Morgan fingerprint density at radius 3 is 2.35 bits per heavy atom. The van der Waals surface area contributed by atoms with Crippen molar-refractivity contribution < 1.29 is 19.4 Å². The number of benzene rings is 2. The van der Waals surface area contributed by atoms with Crippen molar-refractivity contribution in [2.45, 2.75) is 29.8 Å². The van der Waals surface area contributed by atoms with Crippen LogP contribution in [0.5, 0.6) is 5.75 Å². The second kappa shape index (κ2) is 15.5. The maximum absolute atomic E-state index is 11.7. The molecule has 0 unspecified atom stereocenters. The van der Waals surface area contributed by atoms with E-state index in [4.69, 9.17) is 32.5 Å². The quantitative estimate of drug-likeness (QED) is 0.110. The summed E-state index contributed by atoms with van der Waals surface area (Å²) in [7, 11) is 0. The number of esters is 1. The maximum atomic E-state index is 11.7. The van der Waals surface area contributed by atoms with Crippen LogP contribution < -0.4 is 16.2 Å². The average molecular weight is 658 g/mol. The van der Waals surface area contributed by atoms with Gasteiger partial charge in [0.25, 0.3) is 0 Å². The molecule has 0 saturated carbocycles. The maximum Gasteiger partial charge on any atom is 0.325 e. The molecule has 4 rings (SSSR count). The zero-order valence-corrected chi connectivity index (χ0v) is 25.9. The first-order valence-electron chi connectivity index (χ1n) is 12.5. The van der Waals surface area contributed by atoms with Crippen molar-refractivity contribution in [2.24, 2.45) is 5.73 Å². The molecule has 222 valence electrons. The first-order valence-corrected chi connectivity index (χ1v) is 14.8. The largest absolute Gasteiger partial charge is 0.490 e. The number of carbonyl (C=O) groups excluding carboxylic acids is 1. The number of carbonyl (C=O) groups is 1. The van der Waals surface area contributed by atoms with Gasteiger partial charge in [-0.15, -0.1) is 23.7 Å². The van der Waals surface area contributed by atoms with Gasteiger partial charge in [-0.1, -0.05) is 47.6 Å². The second-order valence-corrected chi connectivity index (χ2v) is 11.2. The van der Waals surface area contributed by atoms with Gasteiger partial charge in [0.05, 0.1) is 17.4 Å². The molecule has 0 aliphatic carbocycles. The summed E-state index contributed by atoms with van der Waals surface area (Å²) in [5.74, 6) is 0.212. The fraction of sp³-hybridized carbons (Fsp3) is 0.207. The molecule has 0 spiro atoms. The Morgan fingerprint density at radius 2 is 1.72 bits per heavy atom. The lowest BCUT2D eigenvalue weighted by molar-refractivity contribution is -0.148.